The predicted octanol–water partition coefficient (Wildman–Crippen LogP) is 5.36. The van der Waals surface area contributed by atoms with Gasteiger partial charge in [-0.25, -0.2) is 4.39 Å². The Morgan fingerprint density at radius 2 is 1.77 bits per heavy atom. The third kappa shape index (κ3) is 2.12. The second-order valence-electron chi connectivity index (χ2n) is 5.75. The van der Waals surface area contributed by atoms with Crippen molar-refractivity contribution in [2.75, 3.05) is 0 Å². The minimum absolute atomic E-state index is 0.234. The Labute approximate surface area is 129 Å². The summed E-state index contributed by atoms with van der Waals surface area (Å²) in [5.74, 6) is 0.265. The van der Waals surface area contributed by atoms with Crippen LogP contribution in [-0.2, 0) is 0 Å². The summed E-state index contributed by atoms with van der Waals surface area (Å²) in [4.78, 5) is 4.83. The molecule has 0 unspecified atom stereocenters. The molecule has 1 aliphatic carbocycles. The molecular formula is C20H15FN. The lowest BCUT2D eigenvalue weighted by molar-refractivity contribution is 0.628. The third-order valence-electron chi connectivity index (χ3n) is 4.22. The SMILES string of the molecule is [CH]=Cc1c(C2CC2)nc2ccccc2c1-c1ccc(F)cc1. The van der Waals surface area contributed by atoms with Crippen molar-refractivity contribution < 1.29 is 4.39 Å². The van der Waals surface area contributed by atoms with Crippen molar-refractivity contribution in [1.29, 1.82) is 0 Å². The molecule has 0 spiro atoms. The van der Waals surface area contributed by atoms with Gasteiger partial charge in [-0.3, -0.25) is 4.98 Å². The van der Waals surface area contributed by atoms with Crippen molar-refractivity contribution >= 4 is 17.0 Å². The molecule has 1 radical (unpaired) electrons. The van der Waals surface area contributed by atoms with Gasteiger partial charge in [-0.1, -0.05) is 43.0 Å². The summed E-state index contributed by atoms with van der Waals surface area (Å²) in [5.41, 5.74) is 5.04. The van der Waals surface area contributed by atoms with Crippen LogP contribution in [-0.4, -0.2) is 4.98 Å². The average Bonchev–Trinajstić information content (AvgIpc) is 3.39. The second-order valence-corrected chi connectivity index (χ2v) is 5.75. The molecule has 2 heteroatoms. The Hall–Kier alpha value is -2.48. The number of hydrogen-bond donors (Lipinski definition) is 0. The summed E-state index contributed by atoms with van der Waals surface area (Å²) in [7, 11) is 0. The zero-order chi connectivity index (χ0) is 15.1. The molecule has 1 nitrogen and oxygen atoms in total. The number of para-hydroxylation sites is 1. The van der Waals surface area contributed by atoms with Gasteiger partial charge in [0.1, 0.15) is 5.82 Å². The van der Waals surface area contributed by atoms with Crippen molar-refractivity contribution in [2.45, 2.75) is 18.8 Å². The Kier molecular flexibility index (Phi) is 3.04. The van der Waals surface area contributed by atoms with Crippen LogP contribution < -0.4 is 0 Å². The summed E-state index contributed by atoms with van der Waals surface area (Å²) in [6.45, 7) is 5.94. The molecule has 1 saturated carbocycles. The minimum atomic E-state index is -0.234. The maximum Gasteiger partial charge on any atom is 0.123 e. The van der Waals surface area contributed by atoms with E-state index in [0.717, 1.165) is 46.1 Å². The Morgan fingerprint density at radius 1 is 1.05 bits per heavy atom. The van der Waals surface area contributed by atoms with E-state index in [1.54, 1.807) is 18.2 Å². The number of benzene rings is 2. The van der Waals surface area contributed by atoms with Crippen molar-refractivity contribution in [3.8, 4) is 11.1 Å². The third-order valence-corrected chi connectivity index (χ3v) is 4.22. The van der Waals surface area contributed by atoms with E-state index in [0.29, 0.717) is 5.92 Å². The fraction of sp³-hybridized carbons (Fsp3) is 0.150. The van der Waals surface area contributed by atoms with Gasteiger partial charge in [0.25, 0.3) is 0 Å². The first kappa shape index (κ1) is 13.2. The molecule has 2 aromatic carbocycles. The Morgan fingerprint density at radius 3 is 2.45 bits per heavy atom. The lowest BCUT2D eigenvalue weighted by Gasteiger charge is -2.15. The summed E-state index contributed by atoms with van der Waals surface area (Å²) >= 11 is 0. The van der Waals surface area contributed by atoms with Crippen LogP contribution in [0.4, 0.5) is 4.39 Å². The van der Waals surface area contributed by atoms with Gasteiger partial charge >= 0.3 is 0 Å². The van der Waals surface area contributed by atoms with Crippen molar-refractivity contribution in [1.82, 2.24) is 4.98 Å². The van der Waals surface area contributed by atoms with E-state index in [1.807, 2.05) is 24.3 Å². The first-order chi connectivity index (χ1) is 10.8. The standard InChI is InChI=1S/C20H15FN/c1-2-16-19(13-9-11-15(21)12-10-13)17-5-3-4-6-18(17)22-20(16)14-7-8-14/h1-6,9-12,14H,7-8H2. The molecule has 0 atom stereocenters. The number of hydrogen-bond acceptors (Lipinski definition) is 1. The molecule has 0 bridgehead atoms. The number of fused-ring (bicyclic) bond motifs is 1. The van der Waals surface area contributed by atoms with Crippen LogP contribution in [0, 0.1) is 12.4 Å². The van der Waals surface area contributed by atoms with Gasteiger partial charge in [0.15, 0.2) is 0 Å². The molecule has 22 heavy (non-hydrogen) atoms. The van der Waals surface area contributed by atoms with Gasteiger partial charge < -0.3 is 0 Å². The molecule has 4 rings (SSSR count). The highest BCUT2D eigenvalue weighted by molar-refractivity contribution is 5.99. The topological polar surface area (TPSA) is 12.9 Å². The van der Waals surface area contributed by atoms with E-state index in [9.17, 15) is 4.39 Å². The molecule has 0 N–H and O–H groups in total. The van der Waals surface area contributed by atoms with Gasteiger partial charge in [0.05, 0.1) is 11.2 Å². The summed E-state index contributed by atoms with van der Waals surface area (Å²) < 4.78 is 13.3. The number of aromatic nitrogens is 1. The van der Waals surface area contributed by atoms with Crippen LogP contribution in [0.1, 0.15) is 30.0 Å². The molecule has 1 aromatic heterocycles. The fourth-order valence-corrected chi connectivity index (χ4v) is 3.01. The van der Waals surface area contributed by atoms with Crippen molar-refractivity contribution in [3.63, 3.8) is 0 Å². The molecule has 1 heterocycles. The van der Waals surface area contributed by atoms with Crippen LogP contribution in [0.2, 0.25) is 0 Å². The minimum Gasteiger partial charge on any atom is -0.252 e. The average molecular weight is 288 g/mol. The molecule has 1 aliphatic rings. The Bertz CT molecular complexity index is 861. The van der Waals surface area contributed by atoms with Gasteiger partial charge in [0, 0.05) is 22.4 Å². The monoisotopic (exact) mass is 288 g/mol. The highest BCUT2D eigenvalue weighted by atomic mass is 19.1. The van der Waals surface area contributed by atoms with Gasteiger partial charge in [-0.15, -0.1) is 0 Å². The van der Waals surface area contributed by atoms with E-state index < -0.39 is 0 Å². The van der Waals surface area contributed by atoms with Gasteiger partial charge in [0.2, 0.25) is 0 Å². The van der Waals surface area contributed by atoms with Crippen LogP contribution in [0.3, 0.4) is 0 Å². The number of pyridine rings is 1. The second kappa shape index (κ2) is 5.06. The molecule has 3 aromatic rings. The molecule has 0 saturated heterocycles. The summed E-state index contributed by atoms with van der Waals surface area (Å²) in [5, 5.41) is 1.05. The fourth-order valence-electron chi connectivity index (χ4n) is 3.01. The molecule has 1 fully saturated rings. The normalized spacial score (nSPS) is 14.2. The lowest BCUT2D eigenvalue weighted by Crippen LogP contribution is -1.97. The van der Waals surface area contributed by atoms with Crippen LogP contribution in [0.5, 0.6) is 0 Å². The molecule has 107 valence electrons. The zero-order valence-electron chi connectivity index (χ0n) is 12.1. The van der Waals surface area contributed by atoms with Gasteiger partial charge in [-0.05, 0) is 36.6 Å². The summed E-state index contributed by atoms with van der Waals surface area (Å²) in [6.07, 6.45) is 3.97. The first-order valence-electron chi connectivity index (χ1n) is 7.51. The van der Waals surface area contributed by atoms with E-state index in [1.165, 1.54) is 12.1 Å². The van der Waals surface area contributed by atoms with Crippen LogP contribution in [0.25, 0.3) is 28.1 Å². The van der Waals surface area contributed by atoms with Crippen LogP contribution >= 0.6 is 0 Å². The maximum absolute atomic E-state index is 13.3. The molecule has 0 aliphatic heterocycles. The number of halogens is 1. The zero-order valence-corrected chi connectivity index (χ0v) is 12.1. The number of nitrogens with zero attached hydrogens (tertiary/aromatic N) is 1. The van der Waals surface area contributed by atoms with Crippen LogP contribution in [0.15, 0.2) is 48.5 Å². The highest BCUT2D eigenvalue weighted by Gasteiger charge is 2.29. The Balaban J connectivity index is 2.09. The van der Waals surface area contributed by atoms with Crippen molar-refractivity contribution in [2.24, 2.45) is 0 Å². The maximum atomic E-state index is 13.3. The van der Waals surface area contributed by atoms with E-state index in [2.05, 4.69) is 0 Å². The van der Waals surface area contributed by atoms with Gasteiger partial charge in [-0.2, -0.15) is 0 Å². The smallest absolute Gasteiger partial charge is 0.123 e. The summed E-state index contributed by atoms with van der Waals surface area (Å²) in [6, 6.07) is 14.6. The van der Waals surface area contributed by atoms with E-state index >= 15 is 0 Å². The molecular weight excluding hydrogens is 273 g/mol. The van der Waals surface area contributed by atoms with E-state index in [4.69, 9.17) is 11.6 Å². The quantitative estimate of drug-likeness (QED) is 0.632. The van der Waals surface area contributed by atoms with E-state index in [-0.39, 0.29) is 5.82 Å². The lowest BCUT2D eigenvalue weighted by atomic mass is 9.93. The molecule has 0 amide bonds. The van der Waals surface area contributed by atoms with Crippen molar-refractivity contribution in [3.05, 3.63) is 72.2 Å². The highest BCUT2D eigenvalue weighted by Crippen LogP contribution is 2.45. The first-order valence-corrected chi connectivity index (χ1v) is 7.51. The largest absolute Gasteiger partial charge is 0.252 e. The predicted molar refractivity (Wildman–Crippen MR) is 87.9 cm³/mol. The number of rotatable bonds is 3.